The molecule has 0 heterocycles. The third-order valence-electron chi connectivity index (χ3n) is 1.38. The van der Waals surface area contributed by atoms with Crippen molar-refractivity contribution in [3.8, 4) is 0 Å². The normalized spacial score (nSPS) is 9.58. The molecule has 0 saturated heterocycles. The molecule has 0 unspecified atom stereocenters. The van der Waals surface area contributed by atoms with E-state index in [0.717, 1.165) is 0 Å². The van der Waals surface area contributed by atoms with Gasteiger partial charge in [-0.25, -0.2) is 0 Å². The van der Waals surface area contributed by atoms with E-state index in [1.165, 1.54) is 4.90 Å². The second-order valence-electron chi connectivity index (χ2n) is 2.67. The highest BCUT2D eigenvalue weighted by atomic mass is 16.5. The van der Waals surface area contributed by atoms with Crippen molar-refractivity contribution >= 4 is 11.7 Å². The van der Waals surface area contributed by atoms with Crippen molar-refractivity contribution in [3.05, 3.63) is 0 Å². The number of nitrogens with zero attached hydrogens (tertiary/aromatic N) is 1. The molecule has 0 aromatic rings. The molecule has 0 aromatic heterocycles. The third kappa shape index (κ3) is 4.85. The fourth-order valence-corrected chi connectivity index (χ4v) is 0.483. The smallest absolute Gasteiger partial charge is 0.248 e. The Morgan fingerprint density at radius 2 is 1.83 bits per heavy atom. The highest BCUT2D eigenvalue weighted by molar-refractivity contribution is 5.80. The van der Waals surface area contributed by atoms with E-state index < -0.39 is 0 Å². The van der Waals surface area contributed by atoms with Crippen LogP contribution in [0.2, 0.25) is 0 Å². The second-order valence-corrected chi connectivity index (χ2v) is 2.67. The van der Waals surface area contributed by atoms with Gasteiger partial charge in [-0.05, 0) is 0 Å². The van der Waals surface area contributed by atoms with Crippen LogP contribution in [0.4, 0.5) is 0 Å². The van der Waals surface area contributed by atoms with Gasteiger partial charge in [-0.2, -0.15) is 0 Å². The van der Waals surface area contributed by atoms with E-state index in [0.29, 0.717) is 6.42 Å². The summed E-state index contributed by atoms with van der Waals surface area (Å²) >= 11 is 0. The lowest BCUT2D eigenvalue weighted by atomic mass is 10.3. The summed E-state index contributed by atoms with van der Waals surface area (Å²) in [7, 11) is 3.29. The van der Waals surface area contributed by atoms with Gasteiger partial charge in [0.1, 0.15) is 13.2 Å². The molecule has 0 aliphatic rings. The lowest BCUT2D eigenvalue weighted by Gasteiger charge is -2.09. The zero-order valence-corrected chi connectivity index (χ0v) is 7.79. The number of carbonyl (C=O) groups is 2. The number of rotatable bonds is 5. The average Bonchev–Trinajstić information content (AvgIpc) is 2.03. The number of amides is 1. The largest absolute Gasteiger partial charge is 0.364 e. The highest BCUT2D eigenvalue weighted by Gasteiger charge is 2.04. The van der Waals surface area contributed by atoms with Gasteiger partial charge in [-0.1, -0.05) is 6.92 Å². The molecule has 0 atom stereocenters. The minimum Gasteiger partial charge on any atom is -0.364 e. The van der Waals surface area contributed by atoms with Gasteiger partial charge in [0.25, 0.3) is 0 Å². The number of carbonyl (C=O) groups excluding carboxylic acids is 2. The van der Waals surface area contributed by atoms with Crippen LogP contribution < -0.4 is 0 Å². The van der Waals surface area contributed by atoms with Crippen LogP contribution in [0.1, 0.15) is 13.3 Å². The second kappa shape index (κ2) is 5.71. The summed E-state index contributed by atoms with van der Waals surface area (Å²) < 4.78 is 4.87. The van der Waals surface area contributed by atoms with Gasteiger partial charge in [0.2, 0.25) is 5.91 Å². The molecule has 0 aliphatic carbocycles. The Morgan fingerprint density at radius 1 is 1.25 bits per heavy atom. The van der Waals surface area contributed by atoms with Crippen molar-refractivity contribution < 1.29 is 14.3 Å². The first-order valence-corrected chi connectivity index (χ1v) is 3.87. The minimum absolute atomic E-state index is 0.0151. The zero-order valence-electron chi connectivity index (χ0n) is 7.79. The number of likely N-dealkylation sites (N-methyl/N-ethyl adjacent to an activating group) is 1. The van der Waals surface area contributed by atoms with Crippen LogP contribution in [0, 0.1) is 0 Å². The maximum atomic E-state index is 10.9. The van der Waals surface area contributed by atoms with Gasteiger partial charge >= 0.3 is 0 Å². The number of ketones is 1. The Hall–Kier alpha value is -0.900. The molecule has 0 radical (unpaired) electrons. The molecule has 0 fully saturated rings. The molecule has 1 amide bonds. The molecule has 0 spiro atoms. The molecular weight excluding hydrogens is 158 g/mol. The van der Waals surface area contributed by atoms with Gasteiger partial charge in [0.05, 0.1) is 0 Å². The third-order valence-corrected chi connectivity index (χ3v) is 1.38. The van der Waals surface area contributed by atoms with Crippen molar-refractivity contribution in [1.29, 1.82) is 0 Å². The Bertz CT molecular complexity index is 166. The van der Waals surface area contributed by atoms with E-state index in [1.807, 2.05) is 0 Å². The topological polar surface area (TPSA) is 46.6 Å². The standard InChI is InChI=1S/C8H15NO3/c1-4-7(10)5-12-6-8(11)9(2)3/h4-6H2,1-3H3. The van der Waals surface area contributed by atoms with E-state index >= 15 is 0 Å². The molecule has 0 N–H and O–H groups in total. The molecule has 12 heavy (non-hydrogen) atoms. The van der Waals surface area contributed by atoms with Crippen molar-refractivity contribution in [2.45, 2.75) is 13.3 Å². The zero-order chi connectivity index (χ0) is 9.56. The van der Waals surface area contributed by atoms with Crippen LogP contribution in [0.15, 0.2) is 0 Å². The van der Waals surface area contributed by atoms with Crippen molar-refractivity contribution in [1.82, 2.24) is 4.90 Å². The average molecular weight is 173 g/mol. The summed E-state index contributed by atoms with van der Waals surface area (Å²) in [5, 5.41) is 0. The van der Waals surface area contributed by atoms with Gasteiger partial charge in [0.15, 0.2) is 5.78 Å². The molecular formula is C8H15NO3. The van der Waals surface area contributed by atoms with Gasteiger partial charge in [0, 0.05) is 20.5 Å². The summed E-state index contributed by atoms with van der Waals surface area (Å²) in [6, 6.07) is 0. The molecule has 0 saturated carbocycles. The first-order chi connectivity index (χ1) is 5.57. The van der Waals surface area contributed by atoms with Crippen LogP contribution in [0.3, 0.4) is 0 Å². The van der Waals surface area contributed by atoms with E-state index in [4.69, 9.17) is 4.74 Å². The molecule has 4 nitrogen and oxygen atoms in total. The van der Waals surface area contributed by atoms with Crippen LogP contribution in [-0.2, 0) is 14.3 Å². The van der Waals surface area contributed by atoms with E-state index in [9.17, 15) is 9.59 Å². The number of Topliss-reactive ketones (excluding diaryl/α,β-unsaturated/α-hetero) is 1. The monoisotopic (exact) mass is 173 g/mol. The number of hydrogen-bond acceptors (Lipinski definition) is 3. The highest BCUT2D eigenvalue weighted by Crippen LogP contribution is 1.85. The minimum atomic E-state index is -0.126. The molecule has 0 bridgehead atoms. The summed E-state index contributed by atoms with van der Waals surface area (Å²) in [5.74, 6) is -0.111. The molecule has 0 aromatic carbocycles. The van der Waals surface area contributed by atoms with E-state index in [-0.39, 0.29) is 24.9 Å². The maximum Gasteiger partial charge on any atom is 0.248 e. The van der Waals surface area contributed by atoms with Gasteiger partial charge in [-0.15, -0.1) is 0 Å². The summed E-state index contributed by atoms with van der Waals surface area (Å²) in [5.41, 5.74) is 0. The first-order valence-electron chi connectivity index (χ1n) is 3.87. The Balaban J connectivity index is 3.44. The molecule has 0 rings (SSSR count). The van der Waals surface area contributed by atoms with E-state index in [1.54, 1.807) is 21.0 Å². The fraction of sp³-hybridized carbons (Fsp3) is 0.750. The molecule has 70 valence electrons. The van der Waals surface area contributed by atoms with Crippen LogP contribution in [0.25, 0.3) is 0 Å². The van der Waals surface area contributed by atoms with Gasteiger partial charge in [-0.3, -0.25) is 9.59 Å². The quantitative estimate of drug-likeness (QED) is 0.591. The van der Waals surface area contributed by atoms with Crippen molar-refractivity contribution in [2.24, 2.45) is 0 Å². The molecule has 0 aliphatic heterocycles. The van der Waals surface area contributed by atoms with Crippen molar-refractivity contribution in [2.75, 3.05) is 27.3 Å². The van der Waals surface area contributed by atoms with E-state index in [2.05, 4.69) is 0 Å². The summed E-state index contributed by atoms with van der Waals surface area (Å²) in [4.78, 5) is 23.0. The first kappa shape index (κ1) is 11.1. The van der Waals surface area contributed by atoms with Crippen LogP contribution >= 0.6 is 0 Å². The maximum absolute atomic E-state index is 10.9. The molecule has 4 heteroatoms. The lowest BCUT2D eigenvalue weighted by Crippen LogP contribution is -2.27. The number of ether oxygens (including phenoxy) is 1. The van der Waals surface area contributed by atoms with Crippen LogP contribution in [0.5, 0.6) is 0 Å². The van der Waals surface area contributed by atoms with Gasteiger partial charge < -0.3 is 9.64 Å². The Morgan fingerprint density at radius 3 is 2.25 bits per heavy atom. The fourth-order valence-electron chi connectivity index (χ4n) is 0.483. The Labute approximate surface area is 72.5 Å². The summed E-state index contributed by atoms with van der Waals surface area (Å²) in [6.45, 7) is 1.79. The SMILES string of the molecule is CCC(=O)COCC(=O)N(C)C. The number of hydrogen-bond donors (Lipinski definition) is 0. The predicted octanol–water partition coefficient (Wildman–Crippen LogP) is 0.0703. The Kier molecular flexibility index (Phi) is 5.28. The van der Waals surface area contributed by atoms with Crippen molar-refractivity contribution in [3.63, 3.8) is 0 Å². The van der Waals surface area contributed by atoms with Crippen LogP contribution in [-0.4, -0.2) is 43.9 Å². The lowest BCUT2D eigenvalue weighted by molar-refractivity contribution is -0.135. The summed E-state index contributed by atoms with van der Waals surface area (Å²) in [6.07, 6.45) is 0.455. The predicted molar refractivity (Wildman–Crippen MR) is 44.8 cm³/mol.